The lowest BCUT2D eigenvalue weighted by molar-refractivity contribution is -0.141. The van der Waals surface area contributed by atoms with Gasteiger partial charge in [0.25, 0.3) is 0 Å². The van der Waals surface area contributed by atoms with E-state index in [0.29, 0.717) is 18.0 Å². The average molecular weight is 459 g/mol. The number of likely N-dealkylation sites (N-methyl/N-ethyl adjacent to an activating group) is 1. The molecule has 1 aliphatic rings. The second kappa shape index (κ2) is 10.9. The highest BCUT2D eigenvalue weighted by molar-refractivity contribution is 6.33. The number of carbonyl (C=O) groups excluding carboxylic acids is 2. The van der Waals surface area contributed by atoms with Gasteiger partial charge < -0.3 is 20.6 Å². The van der Waals surface area contributed by atoms with Gasteiger partial charge in [-0.25, -0.2) is 0 Å². The van der Waals surface area contributed by atoms with Gasteiger partial charge in [-0.15, -0.1) is 0 Å². The van der Waals surface area contributed by atoms with Gasteiger partial charge in [-0.05, 0) is 43.0 Å². The lowest BCUT2D eigenvalue weighted by atomic mass is 10.0. The Balaban J connectivity index is 1.71. The van der Waals surface area contributed by atoms with Crippen molar-refractivity contribution >= 4 is 23.4 Å². The standard InChI is InChI=1S/C24H31ClN4O3/c1-15(2)22(26-3)24(32)29-12-4-5-21(29)23(31)28-20(14-30)17-8-6-16(7-9-17)18-10-11-27-13-19(18)25/h6-11,13,15,20-22,26,30H,4-5,12,14H2,1-3H3,(H,28,31). The molecule has 7 nitrogen and oxygen atoms in total. The number of hydrogen-bond acceptors (Lipinski definition) is 5. The smallest absolute Gasteiger partial charge is 0.243 e. The van der Waals surface area contributed by atoms with Gasteiger partial charge in [0, 0.05) is 24.5 Å². The largest absolute Gasteiger partial charge is 0.394 e. The fraction of sp³-hybridized carbons (Fsp3) is 0.458. The molecule has 0 bridgehead atoms. The summed E-state index contributed by atoms with van der Waals surface area (Å²) in [7, 11) is 1.76. The maximum Gasteiger partial charge on any atom is 0.243 e. The van der Waals surface area contributed by atoms with Crippen LogP contribution in [0.25, 0.3) is 11.1 Å². The molecule has 3 N–H and O–H groups in total. The fourth-order valence-electron chi connectivity index (χ4n) is 4.23. The van der Waals surface area contributed by atoms with Crippen LogP contribution in [0.15, 0.2) is 42.7 Å². The molecule has 1 aromatic carbocycles. The third kappa shape index (κ3) is 5.28. The van der Waals surface area contributed by atoms with Crippen LogP contribution in [-0.4, -0.2) is 59.1 Å². The van der Waals surface area contributed by atoms with E-state index in [0.717, 1.165) is 23.1 Å². The molecule has 2 aromatic rings. The molecular formula is C24H31ClN4O3. The normalized spacial score (nSPS) is 17.9. The molecule has 0 radical (unpaired) electrons. The molecule has 1 fully saturated rings. The number of nitrogens with zero attached hydrogens (tertiary/aromatic N) is 2. The Bertz CT molecular complexity index is 935. The van der Waals surface area contributed by atoms with Crippen LogP contribution in [0.3, 0.4) is 0 Å². The second-order valence-corrected chi connectivity index (χ2v) is 8.83. The number of nitrogens with one attached hydrogen (secondary N) is 2. The number of aromatic nitrogens is 1. The maximum absolute atomic E-state index is 13.1. The molecule has 2 amide bonds. The molecule has 1 saturated heterocycles. The number of carbonyl (C=O) groups is 2. The van der Waals surface area contributed by atoms with Crippen LogP contribution in [0.2, 0.25) is 5.02 Å². The lowest BCUT2D eigenvalue weighted by Gasteiger charge is -2.30. The zero-order valence-electron chi connectivity index (χ0n) is 18.7. The number of pyridine rings is 1. The zero-order valence-corrected chi connectivity index (χ0v) is 19.5. The Labute approximate surface area is 194 Å². The number of rotatable bonds is 8. The number of amides is 2. The number of hydrogen-bond donors (Lipinski definition) is 3. The summed E-state index contributed by atoms with van der Waals surface area (Å²) >= 11 is 6.23. The van der Waals surface area contributed by atoms with Crippen LogP contribution in [0, 0.1) is 5.92 Å². The number of likely N-dealkylation sites (tertiary alicyclic amines) is 1. The molecule has 8 heteroatoms. The highest BCUT2D eigenvalue weighted by Gasteiger charge is 2.38. The van der Waals surface area contributed by atoms with E-state index in [2.05, 4.69) is 15.6 Å². The summed E-state index contributed by atoms with van der Waals surface area (Å²) in [6, 6.07) is 7.94. The molecule has 1 aromatic heterocycles. The Kier molecular flexibility index (Phi) is 8.23. The molecule has 172 valence electrons. The summed E-state index contributed by atoms with van der Waals surface area (Å²) in [6.07, 6.45) is 4.67. The minimum absolute atomic E-state index is 0.0562. The fourth-order valence-corrected chi connectivity index (χ4v) is 4.46. The van der Waals surface area contributed by atoms with E-state index in [1.807, 2.05) is 44.2 Å². The molecule has 1 aliphatic heterocycles. The van der Waals surface area contributed by atoms with E-state index in [-0.39, 0.29) is 30.4 Å². The molecular weight excluding hydrogens is 428 g/mol. The third-order valence-electron chi connectivity index (χ3n) is 5.98. The minimum atomic E-state index is -0.563. The van der Waals surface area contributed by atoms with Crippen LogP contribution in [0.1, 0.15) is 38.3 Å². The number of benzene rings is 1. The topological polar surface area (TPSA) is 94.6 Å². The summed E-state index contributed by atoms with van der Waals surface area (Å²) in [4.78, 5) is 31.7. The maximum atomic E-state index is 13.1. The monoisotopic (exact) mass is 458 g/mol. The van der Waals surface area contributed by atoms with Gasteiger partial charge in [-0.2, -0.15) is 0 Å². The zero-order chi connectivity index (χ0) is 23.3. The first-order chi connectivity index (χ1) is 15.4. The molecule has 0 aliphatic carbocycles. The first kappa shape index (κ1) is 24.2. The van der Waals surface area contributed by atoms with Crippen molar-refractivity contribution in [1.29, 1.82) is 0 Å². The van der Waals surface area contributed by atoms with Crippen molar-refractivity contribution in [2.24, 2.45) is 5.92 Å². The van der Waals surface area contributed by atoms with Gasteiger partial charge in [-0.1, -0.05) is 49.7 Å². The first-order valence-electron chi connectivity index (χ1n) is 11.0. The van der Waals surface area contributed by atoms with Crippen LogP contribution in [0.5, 0.6) is 0 Å². The summed E-state index contributed by atoms with van der Waals surface area (Å²) in [5.74, 6) is -0.177. The van der Waals surface area contributed by atoms with E-state index < -0.39 is 12.1 Å². The van der Waals surface area contributed by atoms with Gasteiger partial charge in [-0.3, -0.25) is 14.6 Å². The summed E-state index contributed by atoms with van der Waals surface area (Å²) in [5, 5.41) is 16.5. The van der Waals surface area contributed by atoms with Gasteiger partial charge in [0.15, 0.2) is 0 Å². The quantitative estimate of drug-likeness (QED) is 0.565. The molecule has 32 heavy (non-hydrogen) atoms. The van der Waals surface area contributed by atoms with Crippen molar-refractivity contribution < 1.29 is 14.7 Å². The van der Waals surface area contributed by atoms with Crippen molar-refractivity contribution in [2.75, 3.05) is 20.2 Å². The Hall–Kier alpha value is -2.48. The Morgan fingerprint density at radius 2 is 1.97 bits per heavy atom. The Morgan fingerprint density at radius 1 is 1.25 bits per heavy atom. The van der Waals surface area contributed by atoms with Crippen molar-refractivity contribution in [2.45, 2.75) is 44.8 Å². The van der Waals surface area contributed by atoms with E-state index >= 15 is 0 Å². The molecule has 3 rings (SSSR count). The molecule has 3 unspecified atom stereocenters. The van der Waals surface area contributed by atoms with Crippen LogP contribution >= 0.6 is 11.6 Å². The van der Waals surface area contributed by atoms with Gasteiger partial charge in [0.2, 0.25) is 11.8 Å². The number of aliphatic hydroxyl groups is 1. The molecule has 2 heterocycles. The first-order valence-corrected chi connectivity index (χ1v) is 11.3. The van der Waals surface area contributed by atoms with E-state index in [4.69, 9.17) is 11.6 Å². The van der Waals surface area contributed by atoms with Crippen LogP contribution < -0.4 is 10.6 Å². The Morgan fingerprint density at radius 3 is 2.56 bits per heavy atom. The SMILES string of the molecule is CNC(C(=O)N1CCCC1C(=O)NC(CO)c1ccc(-c2ccncc2Cl)cc1)C(C)C. The van der Waals surface area contributed by atoms with Gasteiger partial charge in [0.05, 0.1) is 23.7 Å². The van der Waals surface area contributed by atoms with Crippen molar-refractivity contribution in [3.63, 3.8) is 0 Å². The van der Waals surface area contributed by atoms with Crippen molar-refractivity contribution in [3.8, 4) is 11.1 Å². The summed E-state index contributed by atoms with van der Waals surface area (Å²) in [6.45, 7) is 4.28. The number of aliphatic hydroxyl groups excluding tert-OH is 1. The second-order valence-electron chi connectivity index (χ2n) is 8.42. The predicted molar refractivity (Wildman–Crippen MR) is 125 cm³/mol. The van der Waals surface area contributed by atoms with Gasteiger partial charge in [0.1, 0.15) is 6.04 Å². The highest BCUT2D eigenvalue weighted by atomic mass is 35.5. The molecule has 0 spiro atoms. The molecule has 3 atom stereocenters. The van der Waals surface area contributed by atoms with Crippen LogP contribution in [0.4, 0.5) is 0 Å². The average Bonchev–Trinajstić information content (AvgIpc) is 3.28. The van der Waals surface area contributed by atoms with E-state index in [9.17, 15) is 14.7 Å². The predicted octanol–water partition coefficient (Wildman–Crippen LogP) is 2.79. The van der Waals surface area contributed by atoms with Crippen molar-refractivity contribution in [1.82, 2.24) is 20.5 Å². The summed E-state index contributed by atoms with van der Waals surface area (Å²) in [5.41, 5.74) is 2.56. The highest BCUT2D eigenvalue weighted by Crippen LogP contribution is 2.28. The molecule has 0 saturated carbocycles. The number of halogens is 1. The van der Waals surface area contributed by atoms with E-state index in [1.54, 1.807) is 24.3 Å². The third-order valence-corrected chi connectivity index (χ3v) is 6.28. The van der Waals surface area contributed by atoms with Gasteiger partial charge >= 0.3 is 0 Å². The summed E-state index contributed by atoms with van der Waals surface area (Å²) < 4.78 is 0. The van der Waals surface area contributed by atoms with Crippen molar-refractivity contribution in [3.05, 3.63) is 53.3 Å². The minimum Gasteiger partial charge on any atom is -0.394 e. The van der Waals surface area contributed by atoms with Crippen LogP contribution in [-0.2, 0) is 9.59 Å². The lowest BCUT2D eigenvalue weighted by Crippen LogP contribution is -2.53. The van der Waals surface area contributed by atoms with E-state index in [1.165, 1.54) is 0 Å².